The minimum atomic E-state index is 1.10. The smallest absolute Gasteiger partial charge is 0.0187 e. The molecule has 0 aliphatic carbocycles. The van der Waals surface area contributed by atoms with Gasteiger partial charge in [-0.1, -0.05) is 36.4 Å². The van der Waals surface area contributed by atoms with Gasteiger partial charge in [-0.15, -0.1) is 0 Å². The van der Waals surface area contributed by atoms with Gasteiger partial charge in [0.1, 0.15) is 0 Å². The summed E-state index contributed by atoms with van der Waals surface area (Å²) in [5.41, 5.74) is 2.81. The van der Waals surface area contributed by atoms with Gasteiger partial charge in [-0.05, 0) is 35.1 Å². The maximum atomic E-state index is 2.24. The van der Waals surface area contributed by atoms with E-state index in [9.17, 15) is 0 Å². The highest BCUT2D eigenvalue weighted by Gasteiger charge is 2.01. The average Bonchev–Trinajstić information content (AvgIpc) is 2.23. The number of rotatable bonds is 2. The standard InChI is InChI=1S/C13H14S/c1-10-7-8-11(9-14-2)13-6-4-3-5-12(10)13/h3-8H,9H2,1-2H3. The van der Waals surface area contributed by atoms with E-state index in [-0.39, 0.29) is 0 Å². The Morgan fingerprint density at radius 1 is 1.00 bits per heavy atom. The molecule has 0 fully saturated rings. The quantitative estimate of drug-likeness (QED) is 0.709. The van der Waals surface area contributed by atoms with Gasteiger partial charge in [0.15, 0.2) is 0 Å². The van der Waals surface area contributed by atoms with E-state index in [1.165, 1.54) is 21.9 Å². The molecule has 72 valence electrons. The molecule has 0 aliphatic rings. The number of fused-ring (bicyclic) bond motifs is 1. The second kappa shape index (κ2) is 4.05. The van der Waals surface area contributed by atoms with Crippen LogP contribution in [0.1, 0.15) is 11.1 Å². The van der Waals surface area contributed by atoms with Crippen LogP contribution < -0.4 is 0 Å². The molecule has 0 aromatic heterocycles. The molecule has 0 saturated carbocycles. The van der Waals surface area contributed by atoms with E-state index >= 15 is 0 Å². The normalized spacial score (nSPS) is 10.7. The summed E-state index contributed by atoms with van der Waals surface area (Å²) in [7, 11) is 0. The van der Waals surface area contributed by atoms with E-state index in [1.807, 2.05) is 11.8 Å². The van der Waals surface area contributed by atoms with Crippen LogP contribution in [0.2, 0.25) is 0 Å². The lowest BCUT2D eigenvalue weighted by Crippen LogP contribution is -1.85. The fourth-order valence-electron chi connectivity index (χ4n) is 1.79. The Balaban J connectivity index is 2.68. The summed E-state index contributed by atoms with van der Waals surface area (Å²) in [6.07, 6.45) is 2.15. The maximum Gasteiger partial charge on any atom is 0.0187 e. The van der Waals surface area contributed by atoms with Gasteiger partial charge in [0.2, 0.25) is 0 Å². The molecule has 0 N–H and O–H groups in total. The molecule has 2 aromatic carbocycles. The number of hydrogen-bond acceptors (Lipinski definition) is 1. The molecule has 0 bridgehead atoms. The summed E-state index contributed by atoms with van der Waals surface area (Å²) in [5, 5.41) is 2.79. The van der Waals surface area contributed by atoms with Crippen molar-refractivity contribution in [2.45, 2.75) is 12.7 Å². The Labute approximate surface area is 89.3 Å². The van der Waals surface area contributed by atoms with Crippen molar-refractivity contribution in [3.8, 4) is 0 Å². The van der Waals surface area contributed by atoms with Gasteiger partial charge in [0.05, 0.1) is 0 Å². The predicted molar refractivity (Wildman–Crippen MR) is 65.9 cm³/mol. The molecule has 2 aromatic rings. The highest BCUT2D eigenvalue weighted by molar-refractivity contribution is 7.97. The summed E-state index contributed by atoms with van der Waals surface area (Å²) in [6.45, 7) is 2.17. The molecular formula is C13H14S. The largest absolute Gasteiger partial charge is 0.161 e. The zero-order chi connectivity index (χ0) is 9.97. The molecule has 0 radical (unpaired) electrons. The summed E-state index contributed by atoms with van der Waals surface area (Å²) in [6, 6.07) is 13.1. The van der Waals surface area contributed by atoms with E-state index in [2.05, 4.69) is 49.6 Å². The van der Waals surface area contributed by atoms with Gasteiger partial charge in [-0.3, -0.25) is 0 Å². The van der Waals surface area contributed by atoms with Crippen molar-refractivity contribution >= 4 is 22.5 Å². The Bertz CT molecular complexity index is 446. The molecule has 0 aliphatic heterocycles. The lowest BCUT2D eigenvalue weighted by molar-refractivity contribution is 1.43. The van der Waals surface area contributed by atoms with Crippen molar-refractivity contribution in [2.24, 2.45) is 0 Å². The monoisotopic (exact) mass is 202 g/mol. The summed E-state index contributed by atoms with van der Waals surface area (Å²) >= 11 is 1.88. The molecule has 14 heavy (non-hydrogen) atoms. The Morgan fingerprint density at radius 2 is 1.71 bits per heavy atom. The van der Waals surface area contributed by atoms with Crippen LogP contribution in [0.3, 0.4) is 0 Å². The van der Waals surface area contributed by atoms with Gasteiger partial charge in [-0.25, -0.2) is 0 Å². The lowest BCUT2D eigenvalue weighted by atomic mass is 10.0. The molecule has 0 heterocycles. The molecule has 1 heteroatoms. The Kier molecular flexibility index (Phi) is 2.78. The number of aryl methyl sites for hydroxylation is 1. The molecule has 0 spiro atoms. The highest BCUT2D eigenvalue weighted by atomic mass is 32.2. The van der Waals surface area contributed by atoms with Crippen LogP contribution in [0.25, 0.3) is 10.8 Å². The first-order valence-corrected chi connectivity index (χ1v) is 6.18. The minimum Gasteiger partial charge on any atom is -0.161 e. The fraction of sp³-hybridized carbons (Fsp3) is 0.231. The molecule has 0 nitrogen and oxygen atoms in total. The Hall–Kier alpha value is -0.950. The van der Waals surface area contributed by atoms with E-state index in [0.717, 1.165) is 5.75 Å². The van der Waals surface area contributed by atoms with Gasteiger partial charge in [0.25, 0.3) is 0 Å². The number of thioether (sulfide) groups is 1. The topological polar surface area (TPSA) is 0 Å². The first-order valence-electron chi connectivity index (χ1n) is 4.79. The van der Waals surface area contributed by atoms with Crippen LogP contribution in [0, 0.1) is 6.92 Å². The minimum absolute atomic E-state index is 1.10. The van der Waals surface area contributed by atoms with E-state index in [1.54, 1.807) is 0 Å². The lowest BCUT2D eigenvalue weighted by Gasteiger charge is -2.07. The summed E-state index contributed by atoms with van der Waals surface area (Å²) in [5.74, 6) is 1.10. The highest BCUT2D eigenvalue weighted by Crippen LogP contribution is 2.24. The molecular weight excluding hydrogens is 188 g/mol. The van der Waals surface area contributed by atoms with Crippen LogP contribution in [-0.2, 0) is 5.75 Å². The van der Waals surface area contributed by atoms with Gasteiger partial charge < -0.3 is 0 Å². The van der Waals surface area contributed by atoms with Crippen LogP contribution in [0.15, 0.2) is 36.4 Å². The first kappa shape index (κ1) is 9.60. The molecule has 2 rings (SSSR count). The van der Waals surface area contributed by atoms with Gasteiger partial charge in [0, 0.05) is 5.75 Å². The van der Waals surface area contributed by atoms with Crippen molar-refractivity contribution in [1.82, 2.24) is 0 Å². The molecule has 0 saturated heterocycles. The van der Waals surface area contributed by atoms with E-state index in [4.69, 9.17) is 0 Å². The second-order valence-electron chi connectivity index (χ2n) is 3.52. The van der Waals surface area contributed by atoms with Crippen molar-refractivity contribution in [3.63, 3.8) is 0 Å². The van der Waals surface area contributed by atoms with Crippen molar-refractivity contribution < 1.29 is 0 Å². The van der Waals surface area contributed by atoms with Crippen molar-refractivity contribution in [1.29, 1.82) is 0 Å². The molecule has 0 amide bonds. The Morgan fingerprint density at radius 3 is 2.43 bits per heavy atom. The van der Waals surface area contributed by atoms with Crippen molar-refractivity contribution in [3.05, 3.63) is 47.5 Å². The summed E-state index contributed by atoms with van der Waals surface area (Å²) < 4.78 is 0. The maximum absolute atomic E-state index is 2.24. The average molecular weight is 202 g/mol. The summed E-state index contributed by atoms with van der Waals surface area (Å²) in [4.78, 5) is 0. The van der Waals surface area contributed by atoms with E-state index < -0.39 is 0 Å². The van der Waals surface area contributed by atoms with Crippen LogP contribution >= 0.6 is 11.8 Å². The first-order chi connectivity index (χ1) is 6.83. The zero-order valence-corrected chi connectivity index (χ0v) is 9.40. The SMILES string of the molecule is CSCc1ccc(C)c2ccccc12. The van der Waals surface area contributed by atoms with Crippen LogP contribution in [-0.4, -0.2) is 6.26 Å². The third-order valence-electron chi connectivity index (χ3n) is 2.53. The van der Waals surface area contributed by atoms with Gasteiger partial charge >= 0.3 is 0 Å². The van der Waals surface area contributed by atoms with Crippen LogP contribution in [0.4, 0.5) is 0 Å². The third-order valence-corrected chi connectivity index (χ3v) is 3.13. The van der Waals surface area contributed by atoms with Crippen molar-refractivity contribution in [2.75, 3.05) is 6.26 Å². The third kappa shape index (κ3) is 1.64. The number of hydrogen-bond donors (Lipinski definition) is 0. The van der Waals surface area contributed by atoms with Gasteiger partial charge in [-0.2, -0.15) is 11.8 Å². The molecule has 0 unspecified atom stereocenters. The van der Waals surface area contributed by atoms with E-state index in [0.29, 0.717) is 0 Å². The second-order valence-corrected chi connectivity index (χ2v) is 4.39. The fourth-order valence-corrected chi connectivity index (χ4v) is 2.36. The number of benzene rings is 2. The predicted octanol–water partition coefficient (Wildman–Crippen LogP) is 4.01. The molecule has 0 atom stereocenters. The zero-order valence-electron chi connectivity index (χ0n) is 8.58. The van der Waals surface area contributed by atoms with Crippen LogP contribution in [0.5, 0.6) is 0 Å².